The van der Waals surface area contributed by atoms with Crippen LogP contribution in [0.3, 0.4) is 0 Å². The molecule has 0 aromatic heterocycles. The van der Waals surface area contributed by atoms with Gasteiger partial charge in [0.2, 0.25) is 0 Å². The fourth-order valence-corrected chi connectivity index (χ4v) is 3.93. The van der Waals surface area contributed by atoms with E-state index < -0.39 is 11.9 Å². The molecule has 0 aliphatic rings. The smallest absolute Gasteiger partial charge is 0.338 e. The van der Waals surface area contributed by atoms with Crippen molar-refractivity contribution in [2.45, 2.75) is 34.2 Å². The summed E-state index contributed by atoms with van der Waals surface area (Å²) in [5, 5.41) is 0. The van der Waals surface area contributed by atoms with Crippen LogP contribution in [-0.4, -0.2) is 49.4 Å². The Kier molecular flexibility index (Phi) is 14.6. The first-order valence-electron chi connectivity index (χ1n) is 11.9. The van der Waals surface area contributed by atoms with Crippen LogP contribution in [0.25, 0.3) is 0 Å². The highest BCUT2D eigenvalue weighted by molar-refractivity contribution is 9.10. The predicted octanol–water partition coefficient (Wildman–Crippen LogP) is 6.15. The van der Waals surface area contributed by atoms with E-state index in [0.29, 0.717) is 22.3 Å². The second-order valence-corrected chi connectivity index (χ2v) is 9.16. The average Bonchev–Trinajstić information content (AvgIpc) is 2.90. The molecule has 0 bridgehead atoms. The van der Waals surface area contributed by atoms with E-state index in [2.05, 4.69) is 27.8 Å². The lowest BCUT2D eigenvalue weighted by atomic mass is 10.0. The molecule has 0 radical (unpaired) electrons. The number of hydrogen-bond acceptors (Lipinski definition) is 7. The first kappa shape index (κ1) is 32.5. The van der Waals surface area contributed by atoms with Crippen LogP contribution in [0.1, 0.15) is 59.5 Å². The molecule has 2 N–H and O–H groups in total. The zero-order valence-corrected chi connectivity index (χ0v) is 23.0. The van der Waals surface area contributed by atoms with E-state index in [1.807, 2.05) is 67.7 Å². The summed E-state index contributed by atoms with van der Waals surface area (Å²) in [6, 6.07) is 22.0. The van der Waals surface area contributed by atoms with Crippen LogP contribution in [0.5, 0.6) is 0 Å². The minimum Gasteiger partial charge on any atom is -0.462 e. The number of ketones is 1. The van der Waals surface area contributed by atoms with Gasteiger partial charge in [-0.1, -0.05) is 75.0 Å². The van der Waals surface area contributed by atoms with Gasteiger partial charge in [-0.15, -0.1) is 0 Å². The highest BCUT2D eigenvalue weighted by atomic mass is 79.9. The number of nitrogens with two attached hydrogens (primary N) is 1. The molecule has 204 valence electrons. The molecule has 38 heavy (non-hydrogen) atoms. The Bertz CT molecular complexity index is 1130. The van der Waals surface area contributed by atoms with Gasteiger partial charge in [-0.3, -0.25) is 9.59 Å². The third-order valence-electron chi connectivity index (χ3n) is 5.19. The van der Waals surface area contributed by atoms with E-state index in [1.165, 1.54) is 6.92 Å². The summed E-state index contributed by atoms with van der Waals surface area (Å²) < 4.78 is 10.5. The van der Waals surface area contributed by atoms with Crippen LogP contribution < -0.4 is 5.73 Å². The van der Waals surface area contributed by atoms with Crippen molar-refractivity contribution in [1.82, 2.24) is 4.90 Å². The Morgan fingerprint density at radius 1 is 0.868 bits per heavy atom. The standard InChI is InChI=1S/C16H23BrN2O4.C13H10O.CH4/c1-4-5-19(3)10-13-8-12(9-14(17)15(13)18)16(21)23-7-6-22-11(2)20;14-13(11-7-3-1-4-8-11)12-9-5-2-6-10-12;/h8-9H,4-7,10,18H2,1-3H3;1-10H;1H4. The summed E-state index contributed by atoms with van der Waals surface area (Å²) in [6.07, 6.45) is 1.04. The van der Waals surface area contributed by atoms with Crippen molar-refractivity contribution in [1.29, 1.82) is 0 Å². The Labute approximate surface area is 234 Å². The van der Waals surface area contributed by atoms with Gasteiger partial charge in [-0.2, -0.15) is 0 Å². The van der Waals surface area contributed by atoms with Gasteiger partial charge < -0.3 is 20.1 Å². The largest absolute Gasteiger partial charge is 0.462 e. The molecule has 0 saturated heterocycles. The second-order valence-electron chi connectivity index (χ2n) is 8.31. The molecule has 0 saturated carbocycles. The van der Waals surface area contributed by atoms with E-state index >= 15 is 0 Å². The van der Waals surface area contributed by atoms with E-state index in [0.717, 1.165) is 29.7 Å². The number of anilines is 1. The number of nitrogens with zero attached hydrogens (tertiary/aromatic N) is 1. The first-order chi connectivity index (χ1) is 17.7. The van der Waals surface area contributed by atoms with Crippen LogP contribution in [0, 0.1) is 0 Å². The van der Waals surface area contributed by atoms with Gasteiger partial charge in [0.1, 0.15) is 13.2 Å². The molecule has 0 fully saturated rings. The molecule has 0 aliphatic carbocycles. The number of benzene rings is 3. The number of nitrogen functional groups attached to an aromatic ring is 1. The third-order valence-corrected chi connectivity index (χ3v) is 5.85. The quantitative estimate of drug-likeness (QED) is 0.132. The third kappa shape index (κ3) is 10.9. The minimum absolute atomic E-state index is 0. The topological polar surface area (TPSA) is 98.9 Å². The number of halogens is 1. The predicted molar refractivity (Wildman–Crippen MR) is 155 cm³/mol. The molecule has 3 aromatic rings. The Morgan fingerprint density at radius 2 is 1.39 bits per heavy atom. The van der Waals surface area contributed by atoms with Crippen LogP contribution in [0.4, 0.5) is 5.69 Å². The molecule has 0 unspecified atom stereocenters. The second kappa shape index (κ2) is 17.1. The monoisotopic (exact) mass is 584 g/mol. The van der Waals surface area contributed by atoms with Crippen LogP contribution in [0.15, 0.2) is 77.3 Å². The maximum atomic E-state index is 12.1. The van der Waals surface area contributed by atoms with Crippen LogP contribution in [0.2, 0.25) is 0 Å². The molecule has 0 heterocycles. The van der Waals surface area contributed by atoms with Gasteiger partial charge in [0.25, 0.3) is 0 Å². The molecule has 3 rings (SSSR count). The number of carbonyl (C=O) groups excluding carboxylic acids is 3. The van der Waals surface area contributed by atoms with E-state index in [4.69, 9.17) is 15.2 Å². The maximum absolute atomic E-state index is 12.1. The zero-order valence-electron chi connectivity index (χ0n) is 21.4. The summed E-state index contributed by atoms with van der Waals surface area (Å²) in [6.45, 7) is 5.06. The van der Waals surface area contributed by atoms with Crippen LogP contribution >= 0.6 is 15.9 Å². The lowest BCUT2D eigenvalue weighted by molar-refractivity contribution is -0.142. The summed E-state index contributed by atoms with van der Waals surface area (Å²) in [4.78, 5) is 36.7. The van der Waals surface area contributed by atoms with Crippen molar-refractivity contribution < 1.29 is 23.9 Å². The molecule has 3 aromatic carbocycles. The molecular formula is C30H37BrN2O5. The minimum atomic E-state index is -0.475. The van der Waals surface area contributed by atoms with E-state index in [1.54, 1.807) is 12.1 Å². The fraction of sp³-hybridized carbons (Fsp3) is 0.300. The Morgan fingerprint density at radius 3 is 1.89 bits per heavy atom. The van der Waals surface area contributed by atoms with Crippen molar-refractivity contribution in [3.63, 3.8) is 0 Å². The van der Waals surface area contributed by atoms with Gasteiger partial charge >= 0.3 is 11.9 Å². The van der Waals surface area contributed by atoms with Gasteiger partial charge in [0.05, 0.1) is 11.3 Å². The fourth-order valence-electron chi connectivity index (χ4n) is 3.42. The summed E-state index contributed by atoms with van der Waals surface area (Å²) in [7, 11) is 2.00. The zero-order chi connectivity index (χ0) is 27.2. The molecule has 0 amide bonds. The Hall–Kier alpha value is -3.49. The summed E-state index contributed by atoms with van der Waals surface area (Å²) in [5.74, 6) is -0.805. The lowest BCUT2D eigenvalue weighted by Crippen LogP contribution is -2.20. The lowest BCUT2D eigenvalue weighted by Gasteiger charge is -2.18. The first-order valence-corrected chi connectivity index (χ1v) is 12.7. The molecular weight excluding hydrogens is 548 g/mol. The summed E-state index contributed by atoms with van der Waals surface area (Å²) in [5.41, 5.74) is 9.43. The average molecular weight is 586 g/mol. The Balaban J connectivity index is 0.000000410. The molecule has 0 aliphatic heterocycles. The molecule has 0 spiro atoms. The molecule has 8 heteroatoms. The van der Waals surface area contributed by atoms with Gasteiger partial charge in [-0.05, 0) is 53.6 Å². The number of esters is 2. The molecule has 7 nitrogen and oxygen atoms in total. The van der Waals surface area contributed by atoms with E-state index in [-0.39, 0.29) is 26.4 Å². The maximum Gasteiger partial charge on any atom is 0.338 e. The number of hydrogen-bond donors (Lipinski definition) is 1. The summed E-state index contributed by atoms with van der Waals surface area (Å²) >= 11 is 3.37. The van der Waals surface area contributed by atoms with Crippen molar-refractivity contribution in [2.24, 2.45) is 0 Å². The number of carbonyl (C=O) groups is 3. The van der Waals surface area contributed by atoms with Crippen molar-refractivity contribution in [3.8, 4) is 0 Å². The van der Waals surface area contributed by atoms with E-state index in [9.17, 15) is 14.4 Å². The highest BCUT2D eigenvalue weighted by Gasteiger charge is 2.14. The number of ether oxygens (including phenoxy) is 2. The van der Waals surface area contributed by atoms with Gasteiger partial charge in [-0.25, -0.2) is 4.79 Å². The van der Waals surface area contributed by atoms with Crippen molar-refractivity contribution >= 4 is 39.3 Å². The van der Waals surface area contributed by atoms with Crippen molar-refractivity contribution in [3.05, 3.63) is 99.5 Å². The highest BCUT2D eigenvalue weighted by Crippen LogP contribution is 2.27. The SMILES string of the molecule is C.CCCN(C)Cc1cc(C(=O)OCCOC(C)=O)cc(Br)c1N.O=C(c1ccccc1)c1ccccc1. The van der Waals surface area contributed by atoms with Gasteiger partial charge in [0, 0.05) is 29.1 Å². The van der Waals surface area contributed by atoms with Gasteiger partial charge in [0.15, 0.2) is 5.78 Å². The van der Waals surface area contributed by atoms with Crippen LogP contribution in [-0.2, 0) is 20.8 Å². The normalized spacial score (nSPS) is 10.0. The number of rotatable bonds is 10. The van der Waals surface area contributed by atoms with Crippen molar-refractivity contribution in [2.75, 3.05) is 32.5 Å². The molecule has 0 atom stereocenters.